The van der Waals surface area contributed by atoms with Crippen LogP contribution in [0.1, 0.15) is 6.92 Å². The summed E-state index contributed by atoms with van der Waals surface area (Å²) in [6.07, 6.45) is -4.11. The number of hydrogen-bond donors (Lipinski definition) is 2. The normalized spacial score (nSPS) is 38.0. The van der Waals surface area contributed by atoms with Gasteiger partial charge >= 0.3 is 0 Å². The largest absolute Gasteiger partial charge is 0.548 e. The van der Waals surface area contributed by atoms with Crippen LogP contribution in [0.2, 0.25) is 0 Å². The Kier molecular flexibility index (Phi) is 5.29. The highest BCUT2D eigenvalue weighted by atomic mass is 16.6. The van der Waals surface area contributed by atoms with Gasteiger partial charge in [-0.25, -0.2) is 0 Å². The van der Waals surface area contributed by atoms with Crippen molar-refractivity contribution in [3.05, 3.63) is 0 Å². The first kappa shape index (κ1) is 14.3. The lowest BCUT2D eigenvalue weighted by Gasteiger charge is -2.40. The van der Waals surface area contributed by atoms with E-state index >= 15 is 0 Å². The summed E-state index contributed by atoms with van der Waals surface area (Å²) < 4.78 is 15.2. The third-order valence-corrected chi connectivity index (χ3v) is 2.70. The number of aliphatic carboxylic acids is 1. The number of methoxy groups -OCH3 is 1. The van der Waals surface area contributed by atoms with E-state index in [-0.39, 0.29) is 6.61 Å². The second-order valence-electron chi connectivity index (χ2n) is 3.95. The van der Waals surface area contributed by atoms with Gasteiger partial charge in [0.15, 0.2) is 0 Å². The van der Waals surface area contributed by atoms with Crippen molar-refractivity contribution in [3.8, 4) is 0 Å². The highest BCUT2D eigenvalue weighted by Gasteiger charge is 2.42. The van der Waals surface area contributed by atoms with Crippen LogP contribution in [-0.2, 0) is 19.0 Å². The number of hydrogen-bond acceptors (Lipinski definition) is 7. The van der Waals surface area contributed by atoms with Crippen molar-refractivity contribution in [2.75, 3.05) is 20.3 Å². The fraction of sp³-hybridized carbons (Fsp3) is 0.900. The number of carbonyl (C=O) groups excluding carboxylic acids is 1. The summed E-state index contributed by atoms with van der Waals surface area (Å²) in [7, 11) is 1.37. The Balaban J connectivity index is 2.53. The van der Waals surface area contributed by atoms with E-state index in [1.54, 1.807) is 6.92 Å². The van der Waals surface area contributed by atoms with Gasteiger partial charge in [-0.1, -0.05) is 0 Å². The molecule has 0 saturated carbocycles. The van der Waals surface area contributed by atoms with Crippen LogP contribution in [0.4, 0.5) is 0 Å². The Morgan fingerprint density at radius 2 is 2.06 bits per heavy atom. The predicted octanol–water partition coefficient (Wildman–Crippen LogP) is -2.72. The second kappa shape index (κ2) is 6.27. The molecule has 1 rings (SSSR count). The molecule has 0 aliphatic carbocycles. The van der Waals surface area contributed by atoms with Crippen LogP contribution in [0.25, 0.3) is 0 Å². The standard InChI is InChI=1S/C10H18O7/c1-5-8(13)9(14)10(15-2)6(17-5)3-16-4-7(11)12/h5-6,8-10,13-14H,3-4H2,1-2H3,(H,11,12)/p-1. The summed E-state index contributed by atoms with van der Waals surface area (Å²) in [5.74, 6) is -1.33. The molecule has 0 bridgehead atoms. The molecular weight excluding hydrogens is 232 g/mol. The molecule has 7 heteroatoms. The predicted molar refractivity (Wildman–Crippen MR) is 53.0 cm³/mol. The van der Waals surface area contributed by atoms with E-state index in [9.17, 15) is 20.1 Å². The minimum Gasteiger partial charge on any atom is -0.548 e. The first-order valence-corrected chi connectivity index (χ1v) is 5.29. The third kappa shape index (κ3) is 3.62. The molecule has 100 valence electrons. The van der Waals surface area contributed by atoms with Gasteiger partial charge in [-0.05, 0) is 6.92 Å². The van der Waals surface area contributed by atoms with Gasteiger partial charge in [0.25, 0.3) is 0 Å². The molecule has 7 nitrogen and oxygen atoms in total. The lowest BCUT2D eigenvalue weighted by atomic mass is 9.96. The van der Waals surface area contributed by atoms with Gasteiger partial charge in [-0.3, -0.25) is 0 Å². The van der Waals surface area contributed by atoms with Crippen molar-refractivity contribution in [2.24, 2.45) is 0 Å². The summed E-state index contributed by atoms with van der Waals surface area (Å²) in [5, 5.41) is 29.5. The molecular formula is C10H17O7-. The average molecular weight is 249 g/mol. The molecule has 1 saturated heterocycles. The molecule has 5 unspecified atom stereocenters. The zero-order valence-electron chi connectivity index (χ0n) is 9.74. The van der Waals surface area contributed by atoms with Gasteiger partial charge < -0.3 is 34.3 Å². The first-order chi connectivity index (χ1) is 7.97. The summed E-state index contributed by atoms with van der Waals surface area (Å²) in [6.45, 7) is 0.995. The fourth-order valence-electron chi connectivity index (χ4n) is 1.81. The lowest BCUT2D eigenvalue weighted by Crippen LogP contribution is -2.58. The van der Waals surface area contributed by atoms with Gasteiger partial charge in [0, 0.05) is 7.11 Å². The number of rotatable bonds is 5. The lowest BCUT2D eigenvalue weighted by molar-refractivity contribution is -0.310. The summed E-state index contributed by atoms with van der Waals surface area (Å²) in [4.78, 5) is 10.2. The number of carboxylic acids is 1. The number of aliphatic hydroxyl groups excluding tert-OH is 2. The molecule has 0 radical (unpaired) electrons. The molecule has 0 aromatic rings. The van der Waals surface area contributed by atoms with E-state index in [2.05, 4.69) is 0 Å². The van der Waals surface area contributed by atoms with E-state index in [1.165, 1.54) is 7.11 Å². The Morgan fingerprint density at radius 1 is 1.41 bits per heavy atom. The molecule has 0 spiro atoms. The maximum atomic E-state index is 10.2. The number of carbonyl (C=O) groups is 1. The number of aliphatic hydroxyl groups is 2. The van der Waals surface area contributed by atoms with Crippen molar-refractivity contribution in [3.63, 3.8) is 0 Å². The van der Waals surface area contributed by atoms with E-state index < -0.39 is 43.1 Å². The second-order valence-corrected chi connectivity index (χ2v) is 3.95. The van der Waals surface area contributed by atoms with E-state index in [1.807, 2.05) is 0 Å². The van der Waals surface area contributed by atoms with Gasteiger partial charge in [0.1, 0.15) is 24.4 Å². The molecule has 1 aliphatic rings. The molecule has 1 aliphatic heterocycles. The SMILES string of the molecule is COC1C(COCC(=O)[O-])OC(C)C(O)C1O. The van der Waals surface area contributed by atoms with Crippen molar-refractivity contribution >= 4 is 5.97 Å². The minimum atomic E-state index is -1.33. The van der Waals surface area contributed by atoms with Crippen LogP contribution in [0.15, 0.2) is 0 Å². The van der Waals surface area contributed by atoms with E-state index in [0.717, 1.165) is 0 Å². The first-order valence-electron chi connectivity index (χ1n) is 5.29. The Labute approximate surface area is 98.9 Å². The van der Waals surface area contributed by atoms with Crippen molar-refractivity contribution < 1.29 is 34.3 Å². The van der Waals surface area contributed by atoms with Gasteiger partial charge in [-0.2, -0.15) is 0 Å². The number of carboxylic acid groups (broad SMARTS) is 1. The molecule has 1 fully saturated rings. The molecule has 0 amide bonds. The fourth-order valence-corrected chi connectivity index (χ4v) is 1.81. The monoisotopic (exact) mass is 249 g/mol. The zero-order chi connectivity index (χ0) is 13.0. The molecule has 0 aromatic heterocycles. The summed E-state index contributed by atoms with van der Waals surface area (Å²) >= 11 is 0. The average Bonchev–Trinajstić information content (AvgIpc) is 2.26. The van der Waals surface area contributed by atoms with Crippen molar-refractivity contribution in [1.29, 1.82) is 0 Å². The third-order valence-electron chi connectivity index (χ3n) is 2.70. The highest BCUT2D eigenvalue weighted by molar-refractivity contribution is 5.65. The van der Waals surface area contributed by atoms with Gasteiger partial charge in [0.2, 0.25) is 0 Å². The van der Waals surface area contributed by atoms with E-state index in [0.29, 0.717) is 0 Å². The smallest absolute Gasteiger partial charge is 0.114 e. The maximum Gasteiger partial charge on any atom is 0.114 e. The molecule has 5 atom stereocenters. The number of ether oxygens (including phenoxy) is 3. The Morgan fingerprint density at radius 3 is 2.59 bits per heavy atom. The van der Waals surface area contributed by atoms with Crippen LogP contribution in [-0.4, -0.2) is 67.0 Å². The quantitative estimate of drug-likeness (QED) is 0.544. The highest BCUT2D eigenvalue weighted by Crippen LogP contribution is 2.23. The van der Waals surface area contributed by atoms with Crippen molar-refractivity contribution in [2.45, 2.75) is 37.4 Å². The summed E-state index contributed by atoms with van der Waals surface area (Å²) in [5.41, 5.74) is 0. The van der Waals surface area contributed by atoms with Crippen LogP contribution < -0.4 is 5.11 Å². The Hall–Kier alpha value is -0.730. The van der Waals surface area contributed by atoms with E-state index in [4.69, 9.17) is 14.2 Å². The molecule has 0 aromatic carbocycles. The van der Waals surface area contributed by atoms with Crippen LogP contribution in [0.3, 0.4) is 0 Å². The molecule has 1 heterocycles. The molecule has 2 N–H and O–H groups in total. The van der Waals surface area contributed by atoms with Crippen LogP contribution >= 0.6 is 0 Å². The Bertz CT molecular complexity index is 257. The van der Waals surface area contributed by atoms with Crippen LogP contribution in [0.5, 0.6) is 0 Å². The van der Waals surface area contributed by atoms with Crippen LogP contribution in [0, 0.1) is 0 Å². The zero-order valence-corrected chi connectivity index (χ0v) is 9.74. The van der Waals surface area contributed by atoms with Crippen molar-refractivity contribution in [1.82, 2.24) is 0 Å². The minimum absolute atomic E-state index is 0.0550. The maximum absolute atomic E-state index is 10.2. The summed E-state index contributed by atoms with van der Waals surface area (Å²) in [6, 6.07) is 0. The van der Waals surface area contributed by atoms with Gasteiger partial charge in [0.05, 0.1) is 25.3 Å². The molecule has 17 heavy (non-hydrogen) atoms. The van der Waals surface area contributed by atoms with Gasteiger partial charge in [-0.15, -0.1) is 0 Å². The topological polar surface area (TPSA) is 108 Å².